The van der Waals surface area contributed by atoms with Crippen LogP contribution in [-0.2, 0) is 0 Å². The molecule has 0 aliphatic heterocycles. The van der Waals surface area contributed by atoms with Crippen molar-refractivity contribution in [2.75, 3.05) is 0 Å². The van der Waals surface area contributed by atoms with E-state index in [1.807, 2.05) is 0 Å². The van der Waals surface area contributed by atoms with Gasteiger partial charge in [-0.15, -0.1) is 0 Å². The first-order valence-corrected chi connectivity index (χ1v) is 16.9. The molecule has 0 fully saturated rings. The number of nitrogens with one attached hydrogen (secondary N) is 2. The molecular weight excluding hydrogens is 707 g/mol. The van der Waals surface area contributed by atoms with Gasteiger partial charge in [0.15, 0.2) is 23.0 Å². The van der Waals surface area contributed by atoms with E-state index in [4.69, 9.17) is 23.2 Å². The molecule has 266 valence electrons. The van der Waals surface area contributed by atoms with Gasteiger partial charge in [0.05, 0.1) is 23.2 Å². The molecule has 12 heteroatoms. The van der Waals surface area contributed by atoms with Crippen LogP contribution < -0.4 is 10.6 Å². The lowest BCUT2D eigenvalue weighted by atomic mass is 9.87. The second-order valence-corrected chi connectivity index (χ2v) is 13.6. The summed E-state index contributed by atoms with van der Waals surface area (Å²) in [7, 11) is 0. The number of aryl methyl sites for hydroxylation is 2. The maximum Gasteiger partial charge on any atom is 0.256 e. The van der Waals surface area contributed by atoms with E-state index in [-0.39, 0.29) is 43.8 Å². The van der Waals surface area contributed by atoms with E-state index < -0.39 is 58.4 Å². The highest BCUT2D eigenvalue weighted by Gasteiger charge is 2.29. The van der Waals surface area contributed by atoms with Crippen LogP contribution in [0.5, 0.6) is 34.5 Å². The molecule has 0 aliphatic rings. The first-order valence-electron chi connectivity index (χ1n) is 16.1. The smallest absolute Gasteiger partial charge is 0.256 e. The first-order chi connectivity index (χ1) is 24.6. The Balaban J connectivity index is 1.46. The fourth-order valence-electron chi connectivity index (χ4n) is 6.56. The van der Waals surface area contributed by atoms with Crippen LogP contribution in [0.1, 0.15) is 68.9 Å². The van der Waals surface area contributed by atoms with E-state index in [1.54, 1.807) is 88.4 Å². The van der Waals surface area contributed by atoms with Gasteiger partial charge < -0.3 is 41.3 Å². The van der Waals surface area contributed by atoms with Crippen molar-refractivity contribution in [1.29, 1.82) is 0 Å². The Bertz CT molecular complexity index is 2260. The van der Waals surface area contributed by atoms with E-state index in [2.05, 4.69) is 10.6 Å². The van der Waals surface area contributed by atoms with Crippen molar-refractivity contribution >= 4 is 56.6 Å². The molecule has 2 atom stereocenters. The summed E-state index contributed by atoms with van der Waals surface area (Å²) < 4.78 is 0. The standard InChI is InChI=1S/C40H34Cl2N2O8/c1-17-13-25-27(15-29(45)37(49)33(25)39(51)43-19(3)21-5-9-23(41)10-6-21)35(47)31(17)32-18(2)14-26-28(36(32)48)16-30(46)38(50)34(26)40(52)44-20(4)22-7-11-24(42)12-8-22/h5-16,19-20,45-50H,1-4H3,(H,43,51)(H,44,52)/t19-,20-/m0/s1. The lowest BCUT2D eigenvalue weighted by molar-refractivity contribution is 0.0929. The number of amides is 2. The van der Waals surface area contributed by atoms with Gasteiger partial charge in [-0.1, -0.05) is 47.5 Å². The summed E-state index contributed by atoms with van der Waals surface area (Å²) in [5.74, 6) is -4.96. The van der Waals surface area contributed by atoms with Gasteiger partial charge in [0.25, 0.3) is 11.8 Å². The summed E-state index contributed by atoms with van der Waals surface area (Å²) in [5, 5.41) is 73.7. The largest absolute Gasteiger partial charge is 0.507 e. The van der Waals surface area contributed by atoms with Gasteiger partial charge in [-0.3, -0.25) is 9.59 Å². The number of halogens is 2. The second-order valence-electron chi connectivity index (χ2n) is 12.8. The highest BCUT2D eigenvalue weighted by Crippen LogP contribution is 2.51. The van der Waals surface area contributed by atoms with Crippen molar-refractivity contribution in [2.24, 2.45) is 0 Å². The number of phenolic OH excluding ortho intramolecular Hbond substituents is 6. The third-order valence-corrected chi connectivity index (χ3v) is 9.78. The molecule has 6 aromatic carbocycles. The molecule has 6 rings (SSSR count). The van der Waals surface area contributed by atoms with E-state index in [0.717, 1.165) is 23.3 Å². The van der Waals surface area contributed by atoms with Crippen molar-refractivity contribution in [3.8, 4) is 45.6 Å². The van der Waals surface area contributed by atoms with Crippen LogP contribution in [0.15, 0.2) is 72.8 Å². The number of fused-ring (bicyclic) bond motifs is 2. The average Bonchev–Trinajstić information content (AvgIpc) is 3.08. The average molecular weight is 742 g/mol. The van der Waals surface area contributed by atoms with Crippen LogP contribution in [0.4, 0.5) is 0 Å². The van der Waals surface area contributed by atoms with Crippen LogP contribution in [0, 0.1) is 13.8 Å². The number of phenols is 6. The molecule has 0 unspecified atom stereocenters. The molecule has 0 radical (unpaired) electrons. The van der Waals surface area contributed by atoms with Crippen LogP contribution in [0.25, 0.3) is 32.7 Å². The number of aromatic hydroxyl groups is 6. The lowest BCUT2D eigenvalue weighted by Gasteiger charge is -2.21. The third-order valence-electron chi connectivity index (χ3n) is 9.27. The molecule has 52 heavy (non-hydrogen) atoms. The summed E-state index contributed by atoms with van der Waals surface area (Å²) in [6, 6.07) is 18.0. The Morgan fingerprint density at radius 2 is 0.846 bits per heavy atom. The van der Waals surface area contributed by atoms with Gasteiger partial charge in [-0.2, -0.15) is 0 Å². The topological polar surface area (TPSA) is 180 Å². The van der Waals surface area contributed by atoms with Crippen LogP contribution in [0.2, 0.25) is 10.0 Å². The predicted octanol–water partition coefficient (Wildman–Crippen LogP) is 8.80. The molecule has 10 nitrogen and oxygen atoms in total. The minimum Gasteiger partial charge on any atom is -0.507 e. The Morgan fingerprint density at radius 3 is 1.17 bits per heavy atom. The van der Waals surface area contributed by atoms with Crippen molar-refractivity contribution < 1.29 is 40.2 Å². The Kier molecular flexibility index (Phi) is 9.48. The Hall–Kier alpha value is -5.84. The van der Waals surface area contributed by atoms with E-state index in [0.29, 0.717) is 21.2 Å². The number of rotatable bonds is 7. The molecule has 6 aromatic rings. The van der Waals surface area contributed by atoms with Gasteiger partial charge >= 0.3 is 0 Å². The summed E-state index contributed by atoms with van der Waals surface area (Å²) in [6.07, 6.45) is 0. The number of hydrogen-bond acceptors (Lipinski definition) is 8. The molecule has 0 bridgehead atoms. The Morgan fingerprint density at radius 1 is 0.519 bits per heavy atom. The molecule has 2 amide bonds. The fourth-order valence-corrected chi connectivity index (χ4v) is 6.81. The predicted molar refractivity (Wildman–Crippen MR) is 201 cm³/mol. The number of carbonyl (C=O) groups is 2. The van der Waals surface area contributed by atoms with Gasteiger partial charge in [0.1, 0.15) is 11.5 Å². The van der Waals surface area contributed by atoms with Crippen molar-refractivity contribution in [2.45, 2.75) is 39.8 Å². The van der Waals surface area contributed by atoms with E-state index in [1.165, 1.54) is 0 Å². The Labute approximate surface area is 308 Å². The number of hydrogen-bond donors (Lipinski definition) is 8. The maximum atomic E-state index is 13.6. The minimum atomic E-state index is -0.719. The zero-order valence-electron chi connectivity index (χ0n) is 28.3. The van der Waals surface area contributed by atoms with Gasteiger partial charge in [0, 0.05) is 42.7 Å². The fraction of sp³-hybridized carbons (Fsp3) is 0.150. The quantitative estimate of drug-likeness (QED) is 0.0748. The molecule has 8 N–H and O–H groups in total. The molecule has 0 spiro atoms. The summed E-state index contributed by atoms with van der Waals surface area (Å²) in [4.78, 5) is 27.2. The first kappa shape index (κ1) is 36.0. The van der Waals surface area contributed by atoms with Gasteiger partial charge in [-0.25, -0.2) is 0 Å². The summed E-state index contributed by atoms with van der Waals surface area (Å²) in [5.41, 5.74) is 1.95. The normalized spacial score (nSPS) is 12.5. The molecule has 0 saturated carbocycles. The zero-order chi connectivity index (χ0) is 37.8. The summed E-state index contributed by atoms with van der Waals surface area (Å²) >= 11 is 12.0. The van der Waals surface area contributed by atoms with Crippen molar-refractivity contribution in [3.05, 3.63) is 116 Å². The van der Waals surface area contributed by atoms with E-state index >= 15 is 0 Å². The summed E-state index contributed by atoms with van der Waals surface area (Å²) in [6.45, 7) is 6.74. The molecule has 0 aromatic heterocycles. The molecular formula is C40H34Cl2N2O8. The zero-order valence-corrected chi connectivity index (χ0v) is 29.9. The number of benzene rings is 6. The second kappa shape index (κ2) is 13.7. The van der Waals surface area contributed by atoms with Gasteiger partial charge in [0.2, 0.25) is 0 Å². The third kappa shape index (κ3) is 6.31. The highest BCUT2D eigenvalue weighted by molar-refractivity contribution is 6.30. The van der Waals surface area contributed by atoms with Crippen LogP contribution in [-0.4, -0.2) is 42.5 Å². The number of carbonyl (C=O) groups excluding carboxylic acids is 2. The minimum absolute atomic E-state index is 0.00361. The van der Waals surface area contributed by atoms with Crippen LogP contribution >= 0.6 is 23.2 Å². The molecule has 0 aliphatic carbocycles. The van der Waals surface area contributed by atoms with Crippen molar-refractivity contribution in [1.82, 2.24) is 10.6 Å². The van der Waals surface area contributed by atoms with Crippen molar-refractivity contribution in [3.63, 3.8) is 0 Å². The van der Waals surface area contributed by atoms with E-state index in [9.17, 15) is 40.2 Å². The SMILES string of the molecule is Cc1cc2c(C(=O)N[C@@H](C)c3ccc(Cl)cc3)c(O)c(O)cc2c(O)c1-c1c(C)cc2c(C(=O)N[C@@H](C)c3ccc(Cl)cc3)c(O)c(O)cc2c1O. The van der Waals surface area contributed by atoms with Gasteiger partial charge in [-0.05, 0) is 98.5 Å². The molecule has 0 heterocycles. The maximum absolute atomic E-state index is 13.6. The highest BCUT2D eigenvalue weighted by atomic mass is 35.5. The molecule has 0 saturated heterocycles. The lowest BCUT2D eigenvalue weighted by Crippen LogP contribution is -2.27. The monoisotopic (exact) mass is 740 g/mol. The van der Waals surface area contributed by atoms with Crippen LogP contribution in [0.3, 0.4) is 0 Å².